The highest BCUT2D eigenvalue weighted by Crippen LogP contribution is 2.34. The minimum atomic E-state index is -0.375. The number of anilines is 3. The second-order valence-electron chi connectivity index (χ2n) is 13.7. The lowest BCUT2D eigenvalue weighted by Gasteiger charge is -2.18. The fraction of sp³-hybridized carbons (Fsp3) is 0.350. The summed E-state index contributed by atoms with van der Waals surface area (Å²) < 4.78 is 47.1. The van der Waals surface area contributed by atoms with Gasteiger partial charge in [-0.15, -0.1) is 22.7 Å². The van der Waals surface area contributed by atoms with Crippen LogP contribution in [0.5, 0.6) is 11.5 Å². The Kier molecular flexibility index (Phi) is 12.6. The Morgan fingerprint density at radius 3 is 1.63 bits per heavy atom. The van der Waals surface area contributed by atoms with E-state index in [9.17, 15) is 9.59 Å². The Balaban J connectivity index is 0.000000138. The Bertz CT molecular complexity index is 2370. The monoisotopic (exact) mass is 862 g/mol. The Morgan fingerprint density at radius 1 is 0.644 bits per heavy atom. The molecule has 10 rings (SSSR count). The van der Waals surface area contributed by atoms with Crippen molar-refractivity contribution in [3.63, 3.8) is 0 Å². The van der Waals surface area contributed by atoms with Crippen LogP contribution in [-0.4, -0.2) is 107 Å². The average molecular weight is 863 g/mol. The van der Waals surface area contributed by atoms with E-state index in [1.807, 2.05) is 47.2 Å². The zero-order valence-corrected chi connectivity index (χ0v) is 34.1. The maximum absolute atomic E-state index is 11.2. The topological polar surface area (TPSA) is 198 Å². The van der Waals surface area contributed by atoms with E-state index in [4.69, 9.17) is 55.2 Å². The number of thiophene rings is 2. The largest absolute Gasteiger partial charge is 0.485 e. The number of fused-ring (bicyclic) bond motifs is 4. The van der Waals surface area contributed by atoms with Crippen LogP contribution >= 0.6 is 34.3 Å². The van der Waals surface area contributed by atoms with Crippen molar-refractivity contribution in [1.29, 1.82) is 0 Å². The van der Waals surface area contributed by atoms with E-state index in [1.165, 1.54) is 20.2 Å². The molecule has 2 aromatic carbocycles. The molecule has 0 spiro atoms. The molecule has 4 aliphatic heterocycles. The van der Waals surface area contributed by atoms with Gasteiger partial charge in [0.05, 0.1) is 46.9 Å². The molecule has 3 N–H and O–H groups in total. The lowest BCUT2D eigenvalue weighted by molar-refractivity contribution is -0.151. The van der Waals surface area contributed by atoms with Gasteiger partial charge in [-0.25, -0.2) is 19.9 Å². The van der Waals surface area contributed by atoms with E-state index in [0.29, 0.717) is 48.8 Å². The molecule has 8 heterocycles. The van der Waals surface area contributed by atoms with Gasteiger partial charge in [-0.1, -0.05) is 11.6 Å². The third-order valence-corrected chi connectivity index (χ3v) is 11.8. The van der Waals surface area contributed by atoms with Crippen molar-refractivity contribution >= 4 is 83.8 Å². The van der Waals surface area contributed by atoms with Crippen molar-refractivity contribution in [2.45, 2.75) is 62.7 Å². The third-order valence-electron chi connectivity index (χ3n) is 9.57. The zero-order valence-electron chi connectivity index (χ0n) is 31.7. The van der Waals surface area contributed by atoms with Crippen LogP contribution in [0.1, 0.15) is 13.8 Å². The molecule has 0 bridgehead atoms. The summed E-state index contributed by atoms with van der Waals surface area (Å²) in [6.45, 7) is 4.24. The van der Waals surface area contributed by atoms with Crippen LogP contribution in [0.15, 0.2) is 84.1 Å². The summed E-state index contributed by atoms with van der Waals surface area (Å²) in [5.74, 6) is 1.55. The van der Waals surface area contributed by atoms with E-state index in [1.54, 1.807) is 53.3 Å². The smallest absolute Gasteiger partial charge is 0.303 e. The molecule has 4 aromatic heterocycles. The number of nitrogens with two attached hydrogens (primary N) is 1. The number of nitrogen functional groups attached to an aromatic ring is 1. The summed E-state index contributed by atoms with van der Waals surface area (Å²) >= 11 is 8.91. The molecule has 4 fully saturated rings. The third kappa shape index (κ3) is 9.65. The first-order valence-corrected chi connectivity index (χ1v) is 20.7. The number of carbonyl (C=O) groups is 2. The molecule has 0 saturated carbocycles. The molecule has 0 radical (unpaired) electrons. The molecular weight excluding hydrogens is 824 g/mol. The number of rotatable bonds is 8. The zero-order chi connectivity index (χ0) is 40.9. The SMILES string of the molecule is CC(=O)O[C@H]1CO[C@@H]2C(Oc3ccc(N)cc3)CO[C@H]12.CC(=O)O[C@H]1CO[C@@H]2C(Oc3ccc(Nc4ncnc5ccsc45)cc3)CO[C@H]12.Clc1ncnc2ccsc12. The van der Waals surface area contributed by atoms with Crippen molar-refractivity contribution in [3.05, 3.63) is 89.2 Å². The number of esters is 2. The van der Waals surface area contributed by atoms with Crippen LogP contribution in [-0.2, 0) is 38.0 Å². The maximum atomic E-state index is 11.2. The fourth-order valence-corrected chi connectivity index (χ4v) is 8.76. The number of ether oxygens (including phenoxy) is 8. The minimum absolute atomic E-state index is 0.204. The van der Waals surface area contributed by atoms with Gasteiger partial charge in [0, 0.05) is 25.2 Å². The molecule has 308 valence electrons. The Hall–Kier alpha value is -5.21. The number of carbonyl (C=O) groups excluding carboxylic acids is 2. The van der Waals surface area contributed by atoms with Gasteiger partial charge >= 0.3 is 11.9 Å². The number of aromatic nitrogens is 4. The van der Waals surface area contributed by atoms with E-state index in [2.05, 4.69) is 25.3 Å². The van der Waals surface area contributed by atoms with Crippen molar-refractivity contribution in [2.75, 3.05) is 37.5 Å². The van der Waals surface area contributed by atoms with Crippen LogP contribution in [0.2, 0.25) is 5.15 Å². The number of hydrogen-bond acceptors (Lipinski definition) is 18. The Morgan fingerprint density at radius 2 is 1.10 bits per heavy atom. The van der Waals surface area contributed by atoms with Crippen LogP contribution in [0.25, 0.3) is 20.4 Å². The number of halogens is 1. The lowest BCUT2D eigenvalue weighted by atomic mass is 10.1. The summed E-state index contributed by atoms with van der Waals surface area (Å²) in [6, 6.07) is 18.7. The summed E-state index contributed by atoms with van der Waals surface area (Å²) in [7, 11) is 0. The molecule has 0 amide bonds. The Labute approximate surface area is 350 Å². The second-order valence-corrected chi connectivity index (χ2v) is 15.9. The van der Waals surface area contributed by atoms with Crippen LogP contribution in [0, 0.1) is 0 Å². The summed E-state index contributed by atoms with van der Waals surface area (Å²) in [5, 5.41) is 7.81. The summed E-state index contributed by atoms with van der Waals surface area (Å²) in [5.41, 5.74) is 9.06. The molecular formula is C40H39ClN6O10S2. The highest BCUT2D eigenvalue weighted by Gasteiger charge is 2.51. The van der Waals surface area contributed by atoms with Gasteiger partial charge in [0.25, 0.3) is 0 Å². The molecule has 4 aliphatic rings. The van der Waals surface area contributed by atoms with Gasteiger partial charge in [-0.3, -0.25) is 9.59 Å². The van der Waals surface area contributed by atoms with Gasteiger partial charge in [-0.2, -0.15) is 0 Å². The van der Waals surface area contributed by atoms with Crippen LogP contribution in [0.3, 0.4) is 0 Å². The van der Waals surface area contributed by atoms with Crippen LogP contribution in [0.4, 0.5) is 17.2 Å². The summed E-state index contributed by atoms with van der Waals surface area (Å²) in [4.78, 5) is 38.7. The van der Waals surface area contributed by atoms with Crippen molar-refractivity contribution in [3.8, 4) is 11.5 Å². The number of benzene rings is 2. The molecule has 8 atom stereocenters. The first kappa shape index (κ1) is 40.6. The van der Waals surface area contributed by atoms with E-state index < -0.39 is 0 Å². The van der Waals surface area contributed by atoms with Gasteiger partial charge in [0.1, 0.15) is 53.7 Å². The highest BCUT2D eigenvalue weighted by atomic mass is 35.5. The lowest BCUT2D eigenvalue weighted by Crippen LogP contribution is -2.36. The first-order chi connectivity index (χ1) is 28.7. The predicted octanol–water partition coefficient (Wildman–Crippen LogP) is 6.00. The van der Waals surface area contributed by atoms with Gasteiger partial charge in [0.15, 0.2) is 30.2 Å². The van der Waals surface area contributed by atoms with Crippen molar-refractivity contribution in [1.82, 2.24) is 19.9 Å². The van der Waals surface area contributed by atoms with Crippen molar-refractivity contribution < 1.29 is 47.5 Å². The molecule has 6 aromatic rings. The number of hydrogen-bond donors (Lipinski definition) is 2. The molecule has 0 aliphatic carbocycles. The molecule has 2 unspecified atom stereocenters. The average Bonchev–Trinajstić information content (AvgIpc) is 4.08. The van der Waals surface area contributed by atoms with E-state index >= 15 is 0 Å². The molecule has 4 saturated heterocycles. The maximum Gasteiger partial charge on any atom is 0.303 e. The van der Waals surface area contributed by atoms with Gasteiger partial charge in [-0.05, 0) is 71.4 Å². The van der Waals surface area contributed by atoms with E-state index in [0.717, 1.165) is 31.9 Å². The number of nitrogens with zero attached hydrogens (tertiary/aromatic N) is 4. The molecule has 16 nitrogen and oxygen atoms in total. The van der Waals surface area contributed by atoms with Crippen LogP contribution < -0.4 is 20.5 Å². The second kappa shape index (κ2) is 18.4. The standard InChI is InChI=1S/C20H19N3O5S.C14H17NO5.C6H3ClN2S/c1-11(24)27-15-8-25-18-16(9-26-17(15)18)28-13-4-2-12(3-5-13)23-20-19-14(6-7-29-19)21-10-22-20;1-8(16)19-11-6-17-14-12(7-18-13(11)14)20-10-4-2-9(15)3-5-10;7-6-5-4(1-2-10-5)8-3-9-6/h2-7,10,15-18H,8-9H2,1H3,(H,21,22,23);2-5,11-14H,6-7,15H2,1H3;1-3H/t15-,16?,17+,18+;11-,12?,13+,14+;/m00./s1. The normalized spacial score (nSPS) is 25.2. The van der Waals surface area contributed by atoms with Crippen molar-refractivity contribution in [2.24, 2.45) is 0 Å². The van der Waals surface area contributed by atoms with E-state index in [-0.39, 0.29) is 60.8 Å². The first-order valence-electron chi connectivity index (χ1n) is 18.6. The minimum Gasteiger partial charge on any atom is -0.485 e. The molecule has 59 heavy (non-hydrogen) atoms. The highest BCUT2D eigenvalue weighted by molar-refractivity contribution is 7.18. The van der Waals surface area contributed by atoms with Gasteiger partial charge in [0.2, 0.25) is 0 Å². The predicted molar refractivity (Wildman–Crippen MR) is 219 cm³/mol. The summed E-state index contributed by atoms with van der Waals surface area (Å²) in [6.07, 6.45) is 0.858. The van der Waals surface area contributed by atoms with Gasteiger partial charge < -0.3 is 48.9 Å². The quantitative estimate of drug-likeness (QED) is 0.103. The molecule has 19 heteroatoms. The fourth-order valence-electron chi connectivity index (χ4n) is 6.98. The number of nitrogens with one attached hydrogen (secondary N) is 1.